The van der Waals surface area contributed by atoms with E-state index in [1.807, 2.05) is 13.8 Å². The van der Waals surface area contributed by atoms with Gasteiger partial charge in [0.15, 0.2) is 0 Å². The van der Waals surface area contributed by atoms with Crippen LogP contribution in [0.15, 0.2) is 21.5 Å². The summed E-state index contributed by atoms with van der Waals surface area (Å²) in [6.45, 7) is 4.09. The van der Waals surface area contributed by atoms with Crippen LogP contribution in [0.3, 0.4) is 0 Å². The predicted molar refractivity (Wildman–Crippen MR) is 74.8 cm³/mol. The molecule has 0 amide bonds. The third-order valence-corrected chi connectivity index (χ3v) is 4.61. The molecule has 0 aliphatic rings. The summed E-state index contributed by atoms with van der Waals surface area (Å²) in [5.74, 6) is -0.672. The van der Waals surface area contributed by atoms with Gasteiger partial charge < -0.3 is 10.5 Å². The van der Waals surface area contributed by atoms with Crippen molar-refractivity contribution in [2.24, 2.45) is 0 Å². The monoisotopic (exact) mass is 354 g/mol. The zero-order chi connectivity index (χ0) is 14.6. The molecule has 1 rings (SSSR count). The van der Waals surface area contributed by atoms with Crippen molar-refractivity contribution in [3.8, 4) is 0 Å². The third kappa shape index (κ3) is 4.72. The lowest BCUT2D eigenvalue weighted by Crippen LogP contribution is -2.28. The highest BCUT2D eigenvalue weighted by Crippen LogP contribution is 2.26. The van der Waals surface area contributed by atoms with Crippen molar-refractivity contribution >= 4 is 31.6 Å². The number of sulfonamides is 1. The Labute approximate surface area is 120 Å². The fourth-order valence-corrected chi connectivity index (χ4v) is 3.36. The van der Waals surface area contributed by atoms with Crippen LogP contribution in [0.5, 0.6) is 0 Å². The molecule has 19 heavy (non-hydrogen) atoms. The summed E-state index contributed by atoms with van der Waals surface area (Å²) >= 11 is 3.00. The number of nitrogens with one attached hydrogen (secondary N) is 1. The first-order valence-corrected chi connectivity index (χ1v) is 7.87. The maximum Gasteiger partial charge on any atom is 0.241 e. The molecule has 0 heterocycles. The minimum atomic E-state index is -3.75. The maximum atomic E-state index is 13.2. The topological polar surface area (TPSA) is 81.4 Å². The predicted octanol–water partition coefficient (Wildman–Crippen LogP) is 1.87. The average Bonchev–Trinajstić information content (AvgIpc) is 2.29. The second-order valence-electron chi connectivity index (χ2n) is 4.12. The van der Waals surface area contributed by atoms with E-state index in [9.17, 15) is 12.8 Å². The van der Waals surface area contributed by atoms with Gasteiger partial charge in [0, 0.05) is 11.0 Å². The van der Waals surface area contributed by atoms with Gasteiger partial charge in [0.05, 0.1) is 23.3 Å². The number of benzene rings is 1. The van der Waals surface area contributed by atoms with Gasteiger partial charge in [-0.25, -0.2) is 17.5 Å². The Balaban J connectivity index is 2.80. The van der Waals surface area contributed by atoms with Crippen molar-refractivity contribution in [3.05, 3.63) is 22.4 Å². The molecule has 0 aliphatic heterocycles. The summed E-state index contributed by atoms with van der Waals surface area (Å²) < 4.78 is 44.8. The highest BCUT2D eigenvalue weighted by Gasteiger charge is 2.19. The van der Waals surface area contributed by atoms with Crippen molar-refractivity contribution < 1.29 is 17.5 Å². The van der Waals surface area contributed by atoms with Gasteiger partial charge in [-0.05, 0) is 41.9 Å². The van der Waals surface area contributed by atoms with Crippen LogP contribution in [0, 0.1) is 5.82 Å². The summed E-state index contributed by atoms with van der Waals surface area (Å²) in [6.07, 6.45) is 0.0257. The van der Waals surface area contributed by atoms with Crippen LogP contribution in [0.1, 0.15) is 13.8 Å². The molecular formula is C11H16BrFN2O3S. The minimum absolute atomic E-state index is 0.0257. The number of ether oxygens (including phenoxy) is 1. The zero-order valence-corrected chi connectivity index (χ0v) is 13.0. The zero-order valence-electron chi connectivity index (χ0n) is 10.6. The number of halogens is 2. The smallest absolute Gasteiger partial charge is 0.241 e. The summed E-state index contributed by atoms with van der Waals surface area (Å²) in [4.78, 5) is -0.101. The lowest BCUT2D eigenvalue weighted by molar-refractivity contribution is 0.0834. The van der Waals surface area contributed by atoms with Gasteiger partial charge in [-0.15, -0.1) is 0 Å². The van der Waals surface area contributed by atoms with Crippen LogP contribution >= 0.6 is 15.9 Å². The van der Waals surface area contributed by atoms with Gasteiger partial charge in [0.25, 0.3) is 0 Å². The Morgan fingerprint density at radius 1 is 1.47 bits per heavy atom. The number of anilines is 1. The molecule has 0 aliphatic carbocycles. The van der Waals surface area contributed by atoms with Gasteiger partial charge in [-0.1, -0.05) is 0 Å². The van der Waals surface area contributed by atoms with E-state index in [1.165, 1.54) is 0 Å². The quantitative estimate of drug-likeness (QED) is 0.603. The Bertz CT molecular complexity index is 549. The Morgan fingerprint density at radius 2 is 2.11 bits per heavy atom. The van der Waals surface area contributed by atoms with Gasteiger partial charge in [-0.3, -0.25) is 0 Å². The van der Waals surface area contributed by atoms with Gasteiger partial charge >= 0.3 is 0 Å². The molecule has 0 saturated carbocycles. The standard InChI is InChI=1S/C11H16BrFN2O3S/c1-7(2)18-4-3-15-19(16,17)11-6-10(14)9(13)5-8(11)12/h5-7,15H,3-4,14H2,1-2H3. The summed E-state index contributed by atoms with van der Waals surface area (Å²) in [6, 6.07) is 2.10. The molecule has 0 fully saturated rings. The first-order valence-electron chi connectivity index (χ1n) is 5.60. The lowest BCUT2D eigenvalue weighted by atomic mass is 10.3. The largest absolute Gasteiger partial charge is 0.396 e. The molecule has 1 aromatic carbocycles. The van der Waals surface area contributed by atoms with E-state index in [1.54, 1.807) is 0 Å². The van der Waals surface area contributed by atoms with Crippen LogP contribution in [-0.2, 0) is 14.8 Å². The summed E-state index contributed by atoms with van der Waals surface area (Å²) in [5.41, 5.74) is 5.15. The summed E-state index contributed by atoms with van der Waals surface area (Å²) in [7, 11) is -3.75. The molecule has 0 spiro atoms. The van der Waals surface area contributed by atoms with E-state index in [0.717, 1.165) is 12.1 Å². The second-order valence-corrected chi connectivity index (χ2v) is 6.71. The molecule has 8 heteroatoms. The molecule has 0 aromatic heterocycles. The van der Waals surface area contributed by atoms with Gasteiger partial charge in [0.1, 0.15) is 5.82 Å². The molecule has 0 unspecified atom stereocenters. The van der Waals surface area contributed by atoms with E-state index in [0.29, 0.717) is 0 Å². The van der Waals surface area contributed by atoms with E-state index >= 15 is 0 Å². The minimum Gasteiger partial charge on any atom is -0.396 e. The lowest BCUT2D eigenvalue weighted by Gasteiger charge is -2.11. The first kappa shape index (κ1) is 16.4. The average molecular weight is 355 g/mol. The Kier molecular flexibility index (Phi) is 5.72. The van der Waals surface area contributed by atoms with Crippen LogP contribution in [0.4, 0.5) is 10.1 Å². The molecule has 0 radical (unpaired) electrons. The van der Waals surface area contributed by atoms with Crippen molar-refractivity contribution in [1.29, 1.82) is 0 Å². The molecule has 3 N–H and O–H groups in total. The molecule has 0 atom stereocenters. The van der Waals surface area contributed by atoms with Crippen molar-refractivity contribution in [2.45, 2.75) is 24.8 Å². The maximum absolute atomic E-state index is 13.2. The van der Waals surface area contributed by atoms with Gasteiger partial charge in [0.2, 0.25) is 10.0 Å². The number of hydrogen-bond acceptors (Lipinski definition) is 4. The normalized spacial score (nSPS) is 12.1. The molecule has 0 bridgehead atoms. The molecule has 5 nitrogen and oxygen atoms in total. The van der Waals surface area contributed by atoms with E-state index in [2.05, 4.69) is 20.7 Å². The third-order valence-electron chi connectivity index (χ3n) is 2.19. The SMILES string of the molecule is CC(C)OCCNS(=O)(=O)c1cc(N)c(F)cc1Br. The van der Waals surface area contributed by atoms with Gasteiger partial charge in [-0.2, -0.15) is 0 Å². The van der Waals surface area contributed by atoms with E-state index in [4.69, 9.17) is 10.5 Å². The number of hydrogen-bond donors (Lipinski definition) is 2. The molecule has 0 saturated heterocycles. The highest BCUT2D eigenvalue weighted by molar-refractivity contribution is 9.10. The van der Waals surface area contributed by atoms with Crippen molar-refractivity contribution in [3.63, 3.8) is 0 Å². The molecule has 1 aromatic rings. The van der Waals surface area contributed by atoms with E-state index in [-0.39, 0.29) is 34.3 Å². The fourth-order valence-electron chi connectivity index (χ4n) is 1.30. The first-order chi connectivity index (χ1) is 8.74. The van der Waals surface area contributed by atoms with Crippen LogP contribution < -0.4 is 10.5 Å². The molecule has 108 valence electrons. The fraction of sp³-hybridized carbons (Fsp3) is 0.455. The van der Waals surface area contributed by atoms with Crippen molar-refractivity contribution in [1.82, 2.24) is 4.72 Å². The number of nitrogen functional groups attached to an aromatic ring is 1. The number of nitrogens with two attached hydrogens (primary N) is 1. The van der Waals surface area contributed by atoms with Crippen LogP contribution in [-0.4, -0.2) is 27.7 Å². The second kappa shape index (κ2) is 6.65. The number of rotatable bonds is 6. The highest BCUT2D eigenvalue weighted by atomic mass is 79.9. The summed E-state index contributed by atoms with van der Waals surface area (Å²) in [5, 5.41) is 0. The van der Waals surface area contributed by atoms with Crippen molar-refractivity contribution in [2.75, 3.05) is 18.9 Å². The Hall–Kier alpha value is -0.700. The van der Waals surface area contributed by atoms with E-state index < -0.39 is 15.8 Å². The Morgan fingerprint density at radius 3 is 2.68 bits per heavy atom. The van der Waals surface area contributed by atoms with Crippen LogP contribution in [0.2, 0.25) is 0 Å². The van der Waals surface area contributed by atoms with Crippen LogP contribution in [0.25, 0.3) is 0 Å². The molecular weight excluding hydrogens is 339 g/mol.